The zero-order valence-electron chi connectivity index (χ0n) is 19.6. The topological polar surface area (TPSA) is 109 Å². The normalized spacial score (nSPS) is 21.8. The molecule has 0 aliphatic carbocycles. The summed E-state index contributed by atoms with van der Waals surface area (Å²) in [6, 6.07) is 11.9. The number of likely N-dealkylation sites (N-methyl/N-ethyl adjacent to an activating group) is 1. The molecule has 0 saturated carbocycles. The minimum Gasteiger partial charge on any atom is -0.490 e. The Labute approximate surface area is 198 Å². The maximum absolute atomic E-state index is 13.3. The second-order valence-electron chi connectivity index (χ2n) is 8.71. The van der Waals surface area contributed by atoms with Crippen LogP contribution in [0.2, 0.25) is 0 Å². The average molecular weight is 467 g/mol. The van der Waals surface area contributed by atoms with Crippen molar-refractivity contribution in [1.82, 2.24) is 10.2 Å². The third-order valence-electron chi connectivity index (χ3n) is 6.24. The van der Waals surface area contributed by atoms with Gasteiger partial charge < -0.3 is 30.3 Å². The zero-order valence-corrected chi connectivity index (χ0v) is 19.6. The van der Waals surface area contributed by atoms with Crippen LogP contribution in [0.4, 0.5) is 16.2 Å². The first-order valence-electron chi connectivity index (χ1n) is 11.4. The molecule has 2 aliphatic rings. The molecule has 1 fully saturated rings. The van der Waals surface area contributed by atoms with Crippen molar-refractivity contribution in [1.29, 1.82) is 0 Å². The fraction of sp³-hybridized carbons (Fsp3) is 0.400. The van der Waals surface area contributed by atoms with Gasteiger partial charge in [-0.1, -0.05) is 12.1 Å². The van der Waals surface area contributed by atoms with Crippen LogP contribution in [0.25, 0.3) is 0 Å². The Bertz CT molecular complexity index is 1090. The number of aryl methyl sites for hydroxylation is 1. The molecule has 2 heterocycles. The second-order valence-corrected chi connectivity index (χ2v) is 8.71. The fourth-order valence-electron chi connectivity index (χ4n) is 4.43. The van der Waals surface area contributed by atoms with Gasteiger partial charge in [0.25, 0.3) is 5.91 Å². The standard InChI is InChI=1S/C25H30N4O5/c1-15-5-4-6-16(11-15)27-25(32)28-17-7-10-21-19(12-17)24(31)29(3)20-9-8-18(13-23(30)26-2)34-22(20)14-33-21/h4-7,10-12,18,20,22H,8-9,13-14H2,1-3H3,(H,26,30)(H2,27,28,32)/t18-,20-,22-/m0/s1. The van der Waals surface area contributed by atoms with Gasteiger partial charge in [0, 0.05) is 25.5 Å². The number of hydrogen-bond donors (Lipinski definition) is 3. The predicted octanol–water partition coefficient (Wildman–Crippen LogP) is 3.16. The maximum atomic E-state index is 13.3. The number of urea groups is 1. The van der Waals surface area contributed by atoms with Crippen LogP contribution in [0.3, 0.4) is 0 Å². The van der Waals surface area contributed by atoms with Gasteiger partial charge in [0.1, 0.15) is 18.5 Å². The van der Waals surface area contributed by atoms with Gasteiger partial charge in [0.05, 0.1) is 24.1 Å². The summed E-state index contributed by atoms with van der Waals surface area (Å²) in [7, 11) is 3.35. The van der Waals surface area contributed by atoms with Crippen LogP contribution in [0.15, 0.2) is 42.5 Å². The molecule has 34 heavy (non-hydrogen) atoms. The van der Waals surface area contributed by atoms with Crippen LogP contribution < -0.4 is 20.7 Å². The third kappa shape index (κ3) is 5.31. The monoisotopic (exact) mass is 466 g/mol. The van der Waals surface area contributed by atoms with Gasteiger partial charge in [0.2, 0.25) is 5.91 Å². The summed E-state index contributed by atoms with van der Waals surface area (Å²) in [4.78, 5) is 39.2. The van der Waals surface area contributed by atoms with Gasteiger partial charge in [-0.15, -0.1) is 0 Å². The van der Waals surface area contributed by atoms with Crippen LogP contribution in [0.5, 0.6) is 5.75 Å². The van der Waals surface area contributed by atoms with Gasteiger partial charge >= 0.3 is 6.03 Å². The first-order valence-corrected chi connectivity index (χ1v) is 11.4. The average Bonchev–Trinajstić information content (AvgIpc) is 2.81. The highest BCUT2D eigenvalue weighted by Gasteiger charge is 2.39. The zero-order chi connectivity index (χ0) is 24.2. The molecule has 4 rings (SSSR count). The molecule has 0 aromatic heterocycles. The third-order valence-corrected chi connectivity index (χ3v) is 6.24. The van der Waals surface area contributed by atoms with Crippen molar-refractivity contribution in [3.8, 4) is 5.75 Å². The van der Waals surface area contributed by atoms with Gasteiger partial charge in [-0.05, 0) is 55.7 Å². The van der Waals surface area contributed by atoms with E-state index in [9.17, 15) is 14.4 Å². The first-order chi connectivity index (χ1) is 16.3. The van der Waals surface area contributed by atoms with E-state index < -0.39 is 6.03 Å². The fourth-order valence-corrected chi connectivity index (χ4v) is 4.43. The Balaban J connectivity index is 1.47. The number of fused-ring (bicyclic) bond motifs is 2. The number of carbonyl (C=O) groups is 3. The molecule has 0 bridgehead atoms. The molecule has 1 saturated heterocycles. The maximum Gasteiger partial charge on any atom is 0.323 e. The summed E-state index contributed by atoms with van der Waals surface area (Å²) in [5.41, 5.74) is 2.58. The number of anilines is 2. The molecular formula is C25H30N4O5. The van der Waals surface area contributed by atoms with E-state index in [1.165, 1.54) is 0 Å². The van der Waals surface area contributed by atoms with Gasteiger partial charge in [-0.25, -0.2) is 4.79 Å². The number of amides is 4. The largest absolute Gasteiger partial charge is 0.490 e. The molecule has 3 N–H and O–H groups in total. The van der Waals surface area contributed by atoms with Crippen LogP contribution >= 0.6 is 0 Å². The van der Waals surface area contributed by atoms with Crippen molar-refractivity contribution in [2.75, 3.05) is 31.3 Å². The number of ether oxygens (including phenoxy) is 2. The molecule has 9 nitrogen and oxygen atoms in total. The lowest BCUT2D eigenvalue weighted by Gasteiger charge is -2.42. The van der Waals surface area contributed by atoms with Gasteiger partial charge in [0.15, 0.2) is 0 Å². The lowest BCUT2D eigenvalue weighted by molar-refractivity contribution is -0.133. The Hall–Kier alpha value is -3.59. The molecule has 2 aliphatic heterocycles. The smallest absolute Gasteiger partial charge is 0.323 e. The number of nitrogens with one attached hydrogen (secondary N) is 3. The van der Waals surface area contributed by atoms with E-state index >= 15 is 0 Å². The SMILES string of the molecule is CNC(=O)C[C@@H]1CC[C@H]2[C@H](COc3ccc(NC(=O)Nc4cccc(C)c4)cc3C(=O)N2C)O1. The molecule has 0 unspecified atom stereocenters. The lowest BCUT2D eigenvalue weighted by Crippen LogP contribution is -2.53. The van der Waals surface area contributed by atoms with E-state index in [-0.39, 0.29) is 43.1 Å². The van der Waals surface area contributed by atoms with Crippen LogP contribution in [-0.2, 0) is 9.53 Å². The predicted molar refractivity (Wildman–Crippen MR) is 128 cm³/mol. The number of nitrogens with zero attached hydrogens (tertiary/aromatic N) is 1. The van der Waals surface area contributed by atoms with Crippen LogP contribution in [0.1, 0.15) is 35.2 Å². The highest BCUT2D eigenvalue weighted by Crippen LogP contribution is 2.32. The lowest BCUT2D eigenvalue weighted by atomic mass is 9.94. The Morgan fingerprint density at radius 2 is 1.85 bits per heavy atom. The summed E-state index contributed by atoms with van der Waals surface area (Å²) >= 11 is 0. The van der Waals surface area contributed by atoms with E-state index in [1.54, 1.807) is 43.3 Å². The minimum atomic E-state index is -0.402. The quantitative estimate of drug-likeness (QED) is 0.641. The Morgan fingerprint density at radius 1 is 1.09 bits per heavy atom. The van der Waals surface area contributed by atoms with E-state index in [2.05, 4.69) is 16.0 Å². The molecule has 2 aromatic carbocycles. The Kier molecular flexibility index (Phi) is 7.02. The molecule has 9 heteroatoms. The molecule has 3 atom stereocenters. The summed E-state index contributed by atoms with van der Waals surface area (Å²) in [6.07, 6.45) is 1.14. The van der Waals surface area contributed by atoms with Crippen molar-refractivity contribution in [2.24, 2.45) is 0 Å². The van der Waals surface area contributed by atoms with E-state index in [1.807, 2.05) is 25.1 Å². The van der Waals surface area contributed by atoms with Crippen LogP contribution in [-0.4, -0.2) is 61.7 Å². The van der Waals surface area contributed by atoms with E-state index in [0.717, 1.165) is 5.56 Å². The van der Waals surface area contributed by atoms with Crippen molar-refractivity contribution in [3.63, 3.8) is 0 Å². The van der Waals surface area contributed by atoms with Gasteiger partial charge in [-0.2, -0.15) is 0 Å². The molecule has 0 radical (unpaired) electrons. The van der Waals surface area contributed by atoms with Crippen molar-refractivity contribution >= 4 is 29.2 Å². The number of hydrogen-bond acceptors (Lipinski definition) is 5. The van der Waals surface area contributed by atoms with E-state index in [4.69, 9.17) is 9.47 Å². The van der Waals surface area contributed by atoms with Crippen LogP contribution in [0, 0.1) is 6.92 Å². The van der Waals surface area contributed by atoms with Crippen molar-refractivity contribution in [2.45, 2.75) is 44.4 Å². The number of benzene rings is 2. The van der Waals surface area contributed by atoms with E-state index in [0.29, 0.717) is 35.5 Å². The van der Waals surface area contributed by atoms with Crippen molar-refractivity contribution in [3.05, 3.63) is 53.6 Å². The second kappa shape index (κ2) is 10.1. The summed E-state index contributed by atoms with van der Waals surface area (Å²) in [5, 5.41) is 8.19. The number of rotatable bonds is 4. The summed E-state index contributed by atoms with van der Waals surface area (Å²) in [5.74, 6) is 0.147. The molecule has 4 amide bonds. The summed E-state index contributed by atoms with van der Waals surface area (Å²) < 4.78 is 12.1. The minimum absolute atomic E-state index is 0.0727. The number of carbonyl (C=O) groups excluding carboxylic acids is 3. The summed E-state index contributed by atoms with van der Waals surface area (Å²) in [6.45, 7) is 2.21. The van der Waals surface area contributed by atoms with Crippen molar-refractivity contribution < 1.29 is 23.9 Å². The highest BCUT2D eigenvalue weighted by atomic mass is 16.5. The first kappa shape index (κ1) is 23.6. The molecule has 0 spiro atoms. The van der Waals surface area contributed by atoms with Gasteiger partial charge in [-0.3, -0.25) is 9.59 Å². The molecule has 180 valence electrons. The Morgan fingerprint density at radius 3 is 2.59 bits per heavy atom. The highest BCUT2D eigenvalue weighted by molar-refractivity contribution is 6.02. The molecular weight excluding hydrogens is 436 g/mol. The molecule has 2 aromatic rings.